The van der Waals surface area contributed by atoms with E-state index in [0.29, 0.717) is 12.0 Å². The van der Waals surface area contributed by atoms with Crippen LogP contribution in [0.3, 0.4) is 0 Å². The Balaban J connectivity index is 1.80. The molecule has 3 atom stereocenters. The lowest BCUT2D eigenvalue weighted by molar-refractivity contribution is -0.125. The molecule has 3 rings (SSSR count). The molecule has 6 nitrogen and oxygen atoms in total. The molecule has 2 amide bonds. The van der Waals surface area contributed by atoms with Crippen molar-refractivity contribution in [3.05, 3.63) is 71.0 Å². The summed E-state index contributed by atoms with van der Waals surface area (Å²) in [5, 5.41) is 5.58. The summed E-state index contributed by atoms with van der Waals surface area (Å²) in [7, 11) is 1.60. The number of methoxy groups -OCH3 is 1. The Morgan fingerprint density at radius 2 is 1.77 bits per heavy atom. The highest BCUT2D eigenvalue weighted by molar-refractivity contribution is 5.87. The number of carbonyl (C=O) groups is 2. The van der Waals surface area contributed by atoms with Crippen molar-refractivity contribution in [2.45, 2.75) is 51.0 Å². The van der Waals surface area contributed by atoms with Crippen LogP contribution in [-0.2, 0) is 20.7 Å². The molecule has 160 valence electrons. The first-order valence-corrected chi connectivity index (χ1v) is 9.84. The summed E-state index contributed by atoms with van der Waals surface area (Å²) in [6.45, 7) is 5.20. The fraction of sp³-hybridized carbons (Fsp3) is 0.391. The molecule has 0 saturated carbocycles. The SMILES string of the molecule is COC1c2ccccc2CC1NC(=O)[C@@H](NC(=O)OC(C)(C)C)c1ccc(F)cc1. The van der Waals surface area contributed by atoms with Gasteiger partial charge in [-0.1, -0.05) is 36.4 Å². The highest BCUT2D eigenvalue weighted by Gasteiger charge is 2.35. The predicted molar refractivity (Wildman–Crippen MR) is 110 cm³/mol. The number of nitrogens with one attached hydrogen (secondary N) is 2. The fourth-order valence-corrected chi connectivity index (χ4v) is 3.62. The lowest BCUT2D eigenvalue weighted by atomic mass is 10.0. The third-order valence-corrected chi connectivity index (χ3v) is 4.88. The molecular weight excluding hydrogens is 387 g/mol. The summed E-state index contributed by atoms with van der Waals surface area (Å²) in [5.41, 5.74) is 1.86. The second kappa shape index (κ2) is 8.83. The molecule has 1 aliphatic carbocycles. The standard InChI is InChI=1S/C23H27FN2O4/c1-23(2,3)30-22(28)26-19(14-9-11-16(24)12-10-14)21(27)25-18-13-15-7-5-6-8-17(15)20(18)29-4/h5-12,18-20H,13H2,1-4H3,(H,25,27)(H,26,28)/t18?,19-,20?/m0/s1. The van der Waals surface area contributed by atoms with Crippen LogP contribution in [0.15, 0.2) is 48.5 Å². The van der Waals surface area contributed by atoms with Crippen LogP contribution in [0.4, 0.5) is 9.18 Å². The van der Waals surface area contributed by atoms with Gasteiger partial charge >= 0.3 is 6.09 Å². The van der Waals surface area contributed by atoms with E-state index in [9.17, 15) is 14.0 Å². The van der Waals surface area contributed by atoms with Gasteiger partial charge in [-0.3, -0.25) is 4.79 Å². The average molecular weight is 414 g/mol. The average Bonchev–Trinajstić information content (AvgIpc) is 3.02. The van der Waals surface area contributed by atoms with E-state index in [1.54, 1.807) is 27.9 Å². The number of amides is 2. The Morgan fingerprint density at radius 1 is 1.10 bits per heavy atom. The van der Waals surface area contributed by atoms with Crippen LogP contribution in [0.1, 0.15) is 49.6 Å². The molecule has 7 heteroatoms. The molecule has 0 fully saturated rings. The van der Waals surface area contributed by atoms with Gasteiger partial charge < -0.3 is 20.1 Å². The van der Waals surface area contributed by atoms with E-state index in [-0.39, 0.29) is 12.1 Å². The van der Waals surface area contributed by atoms with Gasteiger partial charge in [0, 0.05) is 7.11 Å². The number of hydrogen-bond donors (Lipinski definition) is 2. The Kier molecular flexibility index (Phi) is 6.41. The molecule has 0 aliphatic heterocycles. The minimum atomic E-state index is -1.04. The normalized spacial score (nSPS) is 19.0. The van der Waals surface area contributed by atoms with Gasteiger partial charge in [-0.25, -0.2) is 9.18 Å². The minimum Gasteiger partial charge on any atom is -0.444 e. The van der Waals surface area contributed by atoms with Gasteiger partial charge in [0.05, 0.1) is 6.04 Å². The quantitative estimate of drug-likeness (QED) is 0.780. The molecule has 0 aromatic heterocycles. The van der Waals surface area contributed by atoms with Crippen LogP contribution in [-0.4, -0.2) is 30.8 Å². The number of ether oxygens (including phenoxy) is 2. The van der Waals surface area contributed by atoms with Crippen LogP contribution in [0, 0.1) is 5.82 Å². The maximum Gasteiger partial charge on any atom is 0.408 e. The van der Waals surface area contributed by atoms with Crippen molar-refractivity contribution in [3.8, 4) is 0 Å². The molecular formula is C23H27FN2O4. The molecule has 30 heavy (non-hydrogen) atoms. The number of benzene rings is 2. The third-order valence-electron chi connectivity index (χ3n) is 4.88. The van der Waals surface area contributed by atoms with Crippen molar-refractivity contribution >= 4 is 12.0 Å². The Bertz CT molecular complexity index is 908. The highest BCUT2D eigenvalue weighted by Crippen LogP contribution is 2.34. The lowest BCUT2D eigenvalue weighted by Crippen LogP contribution is -2.47. The third kappa shape index (κ3) is 5.16. The van der Waals surface area contributed by atoms with Crippen LogP contribution >= 0.6 is 0 Å². The van der Waals surface area contributed by atoms with Crippen LogP contribution in [0.25, 0.3) is 0 Å². The molecule has 2 aromatic carbocycles. The van der Waals surface area contributed by atoms with Crippen molar-refractivity contribution in [1.82, 2.24) is 10.6 Å². The largest absolute Gasteiger partial charge is 0.444 e. The van der Waals surface area contributed by atoms with Gasteiger partial charge in [0.2, 0.25) is 5.91 Å². The summed E-state index contributed by atoms with van der Waals surface area (Å²) in [6.07, 6.45) is -0.409. The number of fused-ring (bicyclic) bond motifs is 1. The second-order valence-electron chi connectivity index (χ2n) is 8.31. The molecule has 0 saturated heterocycles. The number of alkyl carbamates (subject to hydrolysis) is 1. The lowest BCUT2D eigenvalue weighted by Gasteiger charge is -2.26. The van der Waals surface area contributed by atoms with Gasteiger partial charge in [0.25, 0.3) is 0 Å². The Hall–Kier alpha value is -2.93. The van der Waals surface area contributed by atoms with Crippen LogP contribution < -0.4 is 10.6 Å². The van der Waals surface area contributed by atoms with Crippen LogP contribution in [0.5, 0.6) is 0 Å². The van der Waals surface area contributed by atoms with E-state index in [1.807, 2.05) is 24.3 Å². The monoisotopic (exact) mass is 414 g/mol. The molecule has 0 heterocycles. The number of halogens is 1. The highest BCUT2D eigenvalue weighted by atomic mass is 19.1. The molecule has 0 radical (unpaired) electrons. The maximum atomic E-state index is 13.4. The summed E-state index contributed by atoms with van der Waals surface area (Å²) in [5.74, 6) is -0.854. The van der Waals surface area contributed by atoms with Crippen molar-refractivity contribution in [3.63, 3.8) is 0 Å². The predicted octanol–water partition coefficient (Wildman–Crippen LogP) is 3.82. The van der Waals surface area contributed by atoms with E-state index in [4.69, 9.17) is 9.47 Å². The van der Waals surface area contributed by atoms with E-state index >= 15 is 0 Å². The van der Waals surface area contributed by atoms with E-state index in [0.717, 1.165) is 11.1 Å². The van der Waals surface area contributed by atoms with Gasteiger partial charge in [-0.15, -0.1) is 0 Å². The number of hydrogen-bond acceptors (Lipinski definition) is 4. The summed E-state index contributed by atoms with van der Waals surface area (Å²) >= 11 is 0. The second-order valence-corrected chi connectivity index (χ2v) is 8.31. The minimum absolute atomic E-state index is 0.289. The van der Waals surface area contributed by atoms with Gasteiger partial charge in [-0.2, -0.15) is 0 Å². The van der Waals surface area contributed by atoms with E-state index in [1.165, 1.54) is 24.3 Å². The van der Waals surface area contributed by atoms with Crippen LogP contribution in [0.2, 0.25) is 0 Å². The van der Waals surface area contributed by atoms with Crippen molar-refractivity contribution in [1.29, 1.82) is 0 Å². The number of carbonyl (C=O) groups excluding carboxylic acids is 2. The Morgan fingerprint density at radius 3 is 2.40 bits per heavy atom. The van der Waals surface area contributed by atoms with Crippen molar-refractivity contribution in [2.75, 3.05) is 7.11 Å². The van der Waals surface area contributed by atoms with Gasteiger partial charge in [-0.05, 0) is 56.0 Å². The van der Waals surface area contributed by atoms with Gasteiger partial charge in [0.15, 0.2) is 0 Å². The zero-order valence-electron chi connectivity index (χ0n) is 17.6. The maximum absolute atomic E-state index is 13.4. The van der Waals surface area contributed by atoms with Crippen molar-refractivity contribution < 1.29 is 23.5 Å². The smallest absolute Gasteiger partial charge is 0.408 e. The van der Waals surface area contributed by atoms with E-state index in [2.05, 4.69) is 10.6 Å². The molecule has 2 unspecified atom stereocenters. The molecule has 2 N–H and O–H groups in total. The first kappa shape index (κ1) is 21.8. The summed E-state index contributed by atoms with van der Waals surface area (Å²) in [6, 6.07) is 12.0. The molecule has 2 aromatic rings. The first-order valence-electron chi connectivity index (χ1n) is 9.84. The Labute approximate surface area is 175 Å². The molecule has 0 spiro atoms. The number of rotatable bonds is 5. The molecule has 1 aliphatic rings. The summed E-state index contributed by atoms with van der Waals surface area (Å²) < 4.78 is 24.3. The van der Waals surface area contributed by atoms with E-state index < -0.39 is 29.5 Å². The molecule has 0 bridgehead atoms. The summed E-state index contributed by atoms with van der Waals surface area (Å²) in [4.78, 5) is 25.5. The van der Waals surface area contributed by atoms with Crippen molar-refractivity contribution in [2.24, 2.45) is 0 Å². The zero-order valence-corrected chi connectivity index (χ0v) is 17.6. The topological polar surface area (TPSA) is 76.7 Å². The fourth-order valence-electron chi connectivity index (χ4n) is 3.62. The zero-order chi connectivity index (χ0) is 21.9. The first-order chi connectivity index (χ1) is 14.2. The van der Waals surface area contributed by atoms with Gasteiger partial charge in [0.1, 0.15) is 23.6 Å².